The number of hydrogen-bond donors (Lipinski definition) is 4. The Bertz CT molecular complexity index is 719. The minimum atomic E-state index is -1.09. The topological polar surface area (TPSA) is 133 Å². The molecule has 1 aliphatic heterocycles. The Morgan fingerprint density at radius 1 is 1.12 bits per heavy atom. The fraction of sp³-hybridized carbons (Fsp3) is 0.696. The average Bonchev–Trinajstić information content (AvgIpc) is 2.75. The van der Waals surface area contributed by atoms with Crippen molar-refractivity contribution in [2.75, 3.05) is 6.54 Å². The van der Waals surface area contributed by atoms with Crippen LogP contribution in [-0.4, -0.2) is 54.1 Å². The summed E-state index contributed by atoms with van der Waals surface area (Å²) in [6.07, 6.45) is 6.71. The Balaban J connectivity index is 2.87. The molecule has 1 heterocycles. The molecular formula is C23H38N4O5. The third-order valence-corrected chi connectivity index (χ3v) is 5.61. The van der Waals surface area contributed by atoms with E-state index >= 15 is 0 Å². The van der Waals surface area contributed by atoms with Crippen LogP contribution >= 0.6 is 0 Å². The minimum Gasteiger partial charge on any atom is -0.354 e. The molecule has 4 atom stereocenters. The van der Waals surface area contributed by atoms with Crippen molar-refractivity contribution in [3.63, 3.8) is 0 Å². The maximum atomic E-state index is 12.7. The number of Topliss-reactive ketones (excluding diaryl/α,β-unsaturated/α-hetero) is 1. The third-order valence-electron chi connectivity index (χ3n) is 5.61. The lowest BCUT2D eigenvalue weighted by Crippen LogP contribution is -2.55. The number of carbonyl (C=O) groups is 5. The monoisotopic (exact) mass is 450 g/mol. The lowest BCUT2D eigenvalue weighted by atomic mass is 10.0. The molecule has 1 aliphatic rings. The van der Waals surface area contributed by atoms with Gasteiger partial charge in [-0.25, -0.2) is 0 Å². The zero-order chi connectivity index (χ0) is 24.3. The van der Waals surface area contributed by atoms with E-state index in [0.29, 0.717) is 12.3 Å². The van der Waals surface area contributed by atoms with Gasteiger partial charge in [-0.15, -0.1) is 0 Å². The van der Waals surface area contributed by atoms with Gasteiger partial charge in [0.2, 0.25) is 23.5 Å². The van der Waals surface area contributed by atoms with Crippen LogP contribution < -0.4 is 21.3 Å². The van der Waals surface area contributed by atoms with Gasteiger partial charge in [-0.1, -0.05) is 40.2 Å². The summed E-state index contributed by atoms with van der Waals surface area (Å²) in [7, 11) is 0. The van der Waals surface area contributed by atoms with Crippen molar-refractivity contribution in [2.45, 2.75) is 84.8 Å². The number of rotatable bonds is 7. The molecule has 0 aliphatic carbocycles. The Hall–Kier alpha value is -2.71. The number of nitrogens with one attached hydrogen (secondary N) is 4. The number of carbonyl (C=O) groups excluding carboxylic acids is 5. The summed E-state index contributed by atoms with van der Waals surface area (Å²) in [4.78, 5) is 62.1. The fourth-order valence-electron chi connectivity index (χ4n) is 3.22. The number of ketones is 1. The summed E-state index contributed by atoms with van der Waals surface area (Å²) in [6.45, 7) is 9.46. The van der Waals surface area contributed by atoms with Crippen molar-refractivity contribution >= 4 is 29.4 Å². The molecule has 0 spiro atoms. The van der Waals surface area contributed by atoms with Crippen molar-refractivity contribution in [3.05, 3.63) is 12.2 Å². The van der Waals surface area contributed by atoms with E-state index in [1.165, 1.54) is 13.0 Å². The van der Waals surface area contributed by atoms with Gasteiger partial charge in [0.25, 0.3) is 5.91 Å². The smallest absolute Gasteiger partial charge is 0.290 e. The van der Waals surface area contributed by atoms with Gasteiger partial charge >= 0.3 is 0 Å². The van der Waals surface area contributed by atoms with E-state index in [1.54, 1.807) is 19.9 Å². The van der Waals surface area contributed by atoms with E-state index in [-0.39, 0.29) is 18.9 Å². The van der Waals surface area contributed by atoms with Crippen LogP contribution in [0.3, 0.4) is 0 Å². The maximum Gasteiger partial charge on any atom is 0.290 e. The molecule has 9 nitrogen and oxygen atoms in total. The molecule has 0 aromatic rings. The van der Waals surface area contributed by atoms with Gasteiger partial charge < -0.3 is 21.3 Å². The molecule has 1 fully saturated rings. The maximum absolute atomic E-state index is 12.7. The molecule has 1 saturated heterocycles. The summed E-state index contributed by atoms with van der Waals surface area (Å²) in [5.41, 5.74) is 0. The molecule has 0 bridgehead atoms. The summed E-state index contributed by atoms with van der Waals surface area (Å²) >= 11 is 0. The Labute approximate surface area is 190 Å². The highest BCUT2D eigenvalue weighted by atomic mass is 16.2. The normalized spacial score (nSPS) is 24.6. The predicted molar refractivity (Wildman–Crippen MR) is 121 cm³/mol. The van der Waals surface area contributed by atoms with E-state index in [2.05, 4.69) is 35.1 Å². The van der Waals surface area contributed by atoms with E-state index in [1.807, 2.05) is 0 Å². The molecule has 9 heteroatoms. The highest BCUT2D eigenvalue weighted by Gasteiger charge is 2.31. The zero-order valence-corrected chi connectivity index (χ0v) is 19.8. The van der Waals surface area contributed by atoms with Crippen LogP contribution in [0.15, 0.2) is 12.2 Å². The molecule has 4 N–H and O–H groups in total. The molecular weight excluding hydrogens is 412 g/mol. The summed E-state index contributed by atoms with van der Waals surface area (Å²) < 4.78 is 0. The van der Waals surface area contributed by atoms with Crippen LogP contribution in [0.25, 0.3) is 0 Å². The Morgan fingerprint density at radius 2 is 1.81 bits per heavy atom. The first-order chi connectivity index (χ1) is 15.1. The molecule has 180 valence electrons. The van der Waals surface area contributed by atoms with Crippen molar-refractivity contribution in [2.24, 2.45) is 11.8 Å². The van der Waals surface area contributed by atoms with Crippen LogP contribution in [0.1, 0.15) is 66.7 Å². The van der Waals surface area contributed by atoms with Crippen molar-refractivity contribution in [1.82, 2.24) is 21.3 Å². The third kappa shape index (κ3) is 9.20. The molecule has 0 saturated carbocycles. The van der Waals surface area contributed by atoms with Gasteiger partial charge in [-0.05, 0) is 50.5 Å². The molecule has 32 heavy (non-hydrogen) atoms. The highest BCUT2D eigenvalue weighted by molar-refractivity contribution is 6.38. The van der Waals surface area contributed by atoms with Crippen LogP contribution in [0.5, 0.6) is 0 Å². The first-order valence-corrected chi connectivity index (χ1v) is 11.5. The summed E-state index contributed by atoms with van der Waals surface area (Å²) in [5, 5.41) is 10.3. The van der Waals surface area contributed by atoms with E-state index < -0.39 is 47.5 Å². The van der Waals surface area contributed by atoms with Crippen LogP contribution in [0, 0.1) is 11.8 Å². The quantitative estimate of drug-likeness (QED) is 0.339. The van der Waals surface area contributed by atoms with Gasteiger partial charge in [-0.3, -0.25) is 24.0 Å². The van der Waals surface area contributed by atoms with Gasteiger partial charge in [0.1, 0.15) is 12.1 Å². The summed E-state index contributed by atoms with van der Waals surface area (Å²) in [5.74, 6) is -2.78. The lowest BCUT2D eigenvalue weighted by Gasteiger charge is -2.22. The largest absolute Gasteiger partial charge is 0.354 e. The molecule has 0 aromatic heterocycles. The fourth-order valence-corrected chi connectivity index (χ4v) is 3.22. The van der Waals surface area contributed by atoms with Gasteiger partial charge in [0, 0.05) is 6.54 Å². The van der Waals surface area contributed by atoms with Crippen molar-refractivity contribution in [1.29, 1.82) is 0 Å². The Kier molecular flexibility index (Phi) is 11.7. The number of amides is 4. The first-order valence-electron chi connectivity index (χ1n) is 11.5. The standard InChI is InChI=1S/C23H38N4O5/c1-6-15(4)10-7-8-12-18(28)26-17-11-9-13-24-22(31)19(14(2)3)27-23(32)20(29)16(5)25-21(17)30/h8,12,14-17,19H,6-7,9-11,13H2,1-5H3,(H,24,31)(H,25,30)(H,26,28)(H,27,32)/b12-8+/t15-,16+,17-,19-/m1/s1. The molecule has 1 rings (SSSR count). The van der Waals surface area contributed by atoms with Gasteiger partial charge in [-0.2, -0.15) is 0 Å². The molecule has 0 aromatic carbocycles. The second kappa shape index (κ2) is 13.6. The van der Waals surface area contributed by atoms with Crippen LogP contribution in [0.4, 0.5) is 0 Å². The lowest BCUT2D eigenvalue weighted by molar-refractivity contribution is -0.141. The molecule has 0 radical (unpaired) electrons. The van der Waals surface area contributed by atoms with Crippen LogP contribution in [-0.2, 0) is 24.0 Å². The SMILES string of the molecule is CC[C@@H](C)CC/C=C/C(=O)N[C@@H]1CCCNC(=O)[C@@H](C(C)C)NC(=O)C(=O)[C@H](C)NC1=O. The second-order valence-corrected chi connectivity index (χ2v) is 8.78. The predicted octanol–water partition coefficient (Wildman–Crippen LogP) is 0.978. The number of allylic oxidation sites excluding steroid dienone is 1. The first kappa shape index (κ1) is 27.3. The molecule has 0 unspecified atom stereocenters. The van der Waals surface area contributed by atoms with E-state index in [4.69, 9.17) is 0 Å². The summed E-state index contributed by atoms with van der Waals surface area (Å²) in [6, 6.07) is -2.84. The highest BCUT2D eigenvalue weighted by Crippen LogP contribution is 2.09. The number of hydrogen-bond acceptors (Lipinski definition) is 5. The van der Waals surface area contributed by atoms with Crippen molar-refractivity contribution in [3.8, 4) is 0 Å². The second-order valence-electron chi connectivity index (χ2n) is 8.78. The molecule has 4 amide bonds. The van der Waals surface area contributed by atoms with Gasteiger partial charge in [0.05, 0.1) is 6.04 Å². The van der Waals surface area contributed by atoms with E-state index in [9.17, 15) is 24.0 Å². The zero-order valence-electron chi connectivity index (χ0n) is 19.8. The van der Waals surface area contributed by atoms with E-state index in [0.717, 1.165) is 19.3 Å². The average molecular weight is 451 g/mol. The van der Waals surface area contributed by atoms with Gasteiger partial charge in [0.15, 0.2) is 0 Å². The minimum absolute atomic E-state index is 0.221. The van der Waals surface area contributed by atoms with Crippen molar-refractivity contribution < 1.29 is 24.0 Å². The van der Waals surface area contributed by atoms with Crippen LogP contribution in [0.2, 0.25) is 0 Å². The Morgan fingerprint density at radius 3 is 2.44 bits per heavy atom.